The van der Waals surface area contributed by atoms with Crippen LogP contribution in [0.5, 0.6) is 0 Å². The van der Waals surface area contributed by atoms with Crippen LogP contribution in [0.2, 0.25) is 0 Å². The lowest BCUT2D eigenvalue weighted by atomic mass is 10.3. The SMILES string of the molecule is Cc1cncc(-c2cn3c(-c4cccc(N5CCCNCC5)n4)ncc3cn2)n1. The summed E-state index contributed by atoms with van der Waals surface area (Å²) in [4.78, 5) is 25.1. The van der Waals surface area contributed by atoms with Crippen LogP contribution in [0.4, 0.5) is 5.82 Å². The van der Waals surface area contributed by atoms with Gasteiger partial charge in [0.05, 0.1) is 29.8 Å². The van der Waals surface area contributed by atoms with Gasteiger partial charge < -0.3 is 10.2 Å². The van der Waals surface area contributed by atoms with Crippen molar-refractivity contribution in [1.29, 1.82) is 0 Å². The molecule has 1 aliphatic rings. The number of nitrogens with zero attached hydrogens (tertiary/aromatic N) is 7. The van der Waals surface area contributed by atoms with Gasteiger partial charge in [-0.2, -0.15) is 0 Å². The highest BCUT2D eigenvalue weighted by Crippen LogP contribution is 2.23. The molecule has 5 heterocycles. The minimum absolute atomic E-state index is 0.741. The molecule has 1 saturated heterocycles. The van der Waals surface area contributed by atoms with Crippen LogP contribution in [0.25, 0.3) is 28.4 Å². The molecular formula is C21H22N8. The van der Waals surface area contributed by atoms with Gasteiger partial charge in [-0.3, -0.25) is 14.4 Å². The maximum absolute atomic E-state index is 4.91. The highest BCUT2D eigenvalue weighted by atomic mass is 15.2. The molecule has 4 aromatic heterocycles. The molecule has 0 spiro atoms. The average Bonchev–Trinajstić information content (AvgIpc) is 2.98. The Labute approximate surface area is 168 Å². The molecule has 8 nitrogen and oxygen atoms in total. The first kappa shape index (κ1) is 17.7. The molecule has 146 valence electrons. The van der Waals surface area contributed by atoms with E-state index in [0.717, 1.165) is 72.5 Å². The van der Waals surface area contributed by atoms with E-state index in [4.69, 9.17) is 4.98 Å². The Kier molecular flexibility index (Phi) is 4.61. The van der Waals surface area contributed by atoms with Crippen molar-refractivity contribution in [2.75, 3.05) is 31.1 Å². The zero-order valence-electron chi connectivity index (χ0n) is 16.3. The van der Waals surface area contributed by atoms with Gasteiger partial charge in [-0.05, 0) is 32.0 Å². The van der Waals surface area contributed by atoms with Crippen LogP contribution in [-0.2, 0) is 0 Å². The van der Waals surface area contributed by atoms with Crippen LogP contribution in [0.1, 0.15) is 12.1 Å². The second-order valence-corrected chi connectivity index (χ2v) is 7.17. The fourth-order valence-electron chi connectivity index (χ4n) is 3.60. The van der Waals surface area contributed by atoms with Gasteiger partial charge in [0.15, 0.2) is 5.82 Å². The summed E-state index contributed by atoms with van der Waals surface area (Å²) < 4.78 is 2.02. The van der Waals surface area contributed by atoms with Gasteiger partial charge in [0.2, 0.25) is 0 Å². The quantitative estimate of drug-likeness (QED) is 0.579. The normalized spacial score (nSPS) is 14.9. The number of rotatable bonds is 3. The van der Waals surface area contributed by atoms with Crippen molar-refractivity contribution in [1.82, 2.24) is 34.6 Å². The zero-order chi connectivity index (χ0) is 19.6. The molecule has 5 rings (SSSR count). The second kappa shape index (κ2) is 7.56. The van der Waals surface area contributed by atoms with Crippen molar-refractivity contribution >= 4 is 11.3 Å². The molecule has 8 heteroatoms. The van der Waals surface area contributed by atoms with Crippen molar-refractivity contribution in [3.63, 3.8) is 0 Å². The van der Waals surface area contributed by atoms with Gasteiger partial charge in [0, 0.05) is 32.0 Å². The molecule has 0 aromatic carbocycles. The monoisotopic (exact) mass is 386 g/mol. The number of imidazole rings is 1. The van der Waals surface area contributed by atoms with Gasteiger partial charge in [-0.1, -0.05) is 6.07 Å². The Morgan fingerprint density at radius 1 is 0.897 bits per heavy atom. The lowest BCUT2D eigenvalue weighted by Crippen LogP contribution is -2.28. The fourth-order valence-corrected chi connectivity index (χ4v) is 3.60. The van der Waals surface area contributed by atoms with E-state index in [1.54, 1.807) is 18.6 Å². The number of anilines is 1. The van der Waals surface area contributed by atoms with Crippen molar-refractivity contribution in [2.45, 2.75) is 13.3 Å². The Morgan fingerprint density at radius 2 is 1.83 bits per heavy atom. The van der Waals surface area contributed by atoms with Gasteiger partial charge >= 0.3 is 0 Å². The predicted octanol–water partition coefficient (Wildman–Crippen LogP) is 2.36. The number of hydrogen-bond acceptors (Lipinski definition) is 7. The van der Waals surface area contributed by atoms with Crippen molar-refractivity contribution in [3.8, 4) is 22.9 Å². The van der Waals surface area contributed by atoms with E-state index < -0.39 is 0 Å². The second-order valence-electron chi connectivity index (χ2n) is 7.17. The summed E-state index contributed by atoms with van der Waals surface area (Å²) in [5, 5.41) is 3.44. The minimum Gasteiger partial charge on any atom is -0.355 e. The average molecular weight is 386 g/mol. The van der Waals surface area contributed by atoms with Crippen LogP contribution in [0, 0.1) is 6.92 Å². The smallest absolute Gasteiger partial charge is 0.163 e. The van der Waals surface area contributed by atoms with Gasteiger partial charge in [0.1, 0.15) is 22.9 Å². The topological polar surface area (TPSA) is 84.1 Å². The van der Waals surface area contributed by atoms with Crippen LogP contribution in [0.15, 0.2) is 49.2 Å². The first-order chi connectivity index (χ1) is 14.3. The van der Waals surface area contributed by atoms with Gasteiger partial charge in [-0.15, -0.1) is 0 Å². The van der Waals surface area contributed by atoms with Crippen molar-refractivity contribution in [2.24, 2.45) is 0 Å². The Balaban J connectivity index is 1.55. The minimum atomic E-state index is 0.741. The van der Waals surface area contributed by atoms with Gasteiger partial charge in [0.25, 0.3) is 0 Å². The lowest BCUT2D eigenvalue weighted by molar-refractivity contribution is 0.724. The van der Waals surface area contributed by atoms with Crippen LogP contribution in [-0.4, -0.2) is 55.5 Å². The number of hydrogen-bond donors (Lipinski definition) is 1. The molecule has 0 atom stereocenters. The van der Waals surface area contributed by atoms with E-state index >= 15 is 0 Å². The third kappa shape index (κ3) is 3.54. The molecular weight excluding hydrogens is 364 g/mol. The number of pyridine rings is 1. The standard InChI is InChI=1S/C21H22N8/c1-15-10-23-13-18(26-15)19-14-29-16(11-24-19)12-25-21(29)17-4-2-5-20(27-17)28-8-3-6-22-7-9-28/h2,4-5,10-14,22H,3,6-9H2,1H3. The first-order valence-corrected chi connectivity index (χ1v) is 9.83. The zero-order valence-corrected chi connectivity index (χ0v) is 16.3. The summed E-state index contributed by atoms with van der Waals surface area (Å²) in [6, 6.07) is 6.12. The fraction of sp³-hybridized carbons (Fsp3) is 0.286. The van der Waals surface area contributed by atoms with Gasteiger partial charge in [-0.25, -0.2) is 15.0 Å². The molecule has 0 unspecified atom stereocenters. The Hall–Kier alpha value is -3.39. The van der Waals surface area contributed by atoms with E-state index in [-0.39, 0.29) is 0 Å². The van der Waals surface area contributed by atoms with Crippen LogP contribution < -0.4 is 10.2 Å². The van der Waals surface area contributed by atoms with E-state index in [0.29, 0.717) is 0 Å². The number of aryl methyl sites for hydroxylation is 1. The summed E-state index contributed by atoms with van der Waals surface area (Å²) in [6.07, 6.45) is 10.1. The third-order valence-corrected chi connectivity index (χ3v) is 5.06. The van der Waals surface area contributed by atoms with Crippen LogP contribution in [0.3, 0.4) is 0 Å². The molecule has 0 amide bonds. The summed E-state index contributed by atoms with van der Waals surface area (Å²) >= 11 is 0. The van der Waals surface area contributed by atoms with Crippen LogP contribution >= 0.6 is 0 Å². The predicted molar refractivity (Wildman–Crippen MR) is 112 cm³/mol. The Morgan fingerprint density at radius 3 is 2.76 bits per heavy atom. The van der Waals surface area contributed by atoms with E-state index in [1.165, 1.54) is 0 Å². The van der Waals surface area contributed by atoms with E-state index in [2.05, 4.69) is 36.2 Å². The lowest BCUT2D eigenvalue weighted by Gasteiger charge is -2.21. The maximum Gasteiger partial charge on any atom is 0.163 e. The highest BCUT2D eigenvalue weighted by Gasteiger charge is 2.14. The highest BCUT2D eigenvalue weighted by molar-refractivity contribution is 5.63. The molecule has 1 fully saturated rings. The summed E-state index contributed by atoms with van der Waals surface area (Å²) in [6.45, 7) is 5.92. The third-order valence-electron chi connectivity index (χ3n) is 5.06. The molecule has 0 radical (unpaired) electrons. The summed E-state index contributed by atoms with van der Waals surface area (Å²) in [5.74, 6) is 1.78. The summed E-state index contributed by atoms with van der Waals surface area (Å²) in [5.41, 5.74) is 4.10. The summed E-state index contributed by atoms with van der Waals surface area (Å²) in [7, 11) is 0. The molecule has 29 heavy (non-hydrogen) atoms. The molecule has 0 saturated carbocycles. The largest absolute Gasteiger partial charge is 0.355 e. The molecule has 4 aromatic rings. The maximum atomic E-state index is 4.91. The Bertz CT molecular complexity index is 1140. The number of fused-ring (bicyclic) bond motifs is 1. The molecule has 0 bridgehead atoms. The van der Waals surface area contributed by atoms with Crippen molar-refractivity contribution < 1.29 is 0 Å². The number of aromatic nitrogens is 6. The molecule has 0 aliphatic carbocycles. The molecule has 1 aliphatic heterocycles. The van der Waals surface area contributed by atoms with E-state index in [9.17, 15) is 0 Å². The number of nitrogens with one attached hydrogen (secondary N) is 1. The first-order valence-electron chi connectivity index (χ1n) is 9.83. The van der Waals surface area contributed by atoms with Crippen molar-refractivity contribution in [3.05, 3.63) is 54.9 Å². The van der Waals surface area contributed by atoms with E-state index in [1.807, 2.05) is 35.9 Å². The molecule has 1 N–H and O–H groups in total.